The number of anilines is 1. The number of halogens is 1. The van der Waals surface area contributed by atoms with Crippen LogP contribution in [0.4, 0.5) is 5.69 Å². The molecule has 0 unspecified atom stereocenters. The Labute approximate surface area is 125 Å². The molecule has 2 N–H and O–H groups in total. The van der Waals surface area contributed by atoms with E-state index in [1.165, 1.54) is 0 Å². The van der Waals surface area contributed by atoms with E-state index in [2.05, 4.69) is 19.4 Å². The summed E-state index contributed by atoms with van der Waals surface area (Å²) in [5.74, 6) is 0.0720. The van der Waals surface area contributed by atoms with Crippen LogP contribution >= 0.6 is 23.3 Å². The number of carbonyl (C=O) groups excluding carboxylic acids is 1. The molecule has 1 amide bonds. The summed E-state index contributed by atoms with van der Waals surface area (Å²) in [7, 11) is 0. The Morgan fingerprint density at radius 2 is 2.20 bits per heavy atom. The molecule has 6 nitrogen and oxygen atoms in total. The summed E-state index contributed by atoms with van der Waals surface area (Å²) in [6.45, 7) is 3.40. The van der Waals surface area contributed by atoms with Crippen molar-refractivity contribution in [2.24, 2.45) is 0 Å². The van der Waals surface area contributed by atoms with Crippen molar-refractivity contribution < 1.29 is 4.79 Å². The van der Waals surface area contributed by atoms with Crippen LogP contribution in [0.2, 0.25) is 5.02 Å². The van der Waals surface area contributed by atoms with Gasteiger partial charge in [-0.2, -0.15) is 8.75 Å². The average Bonchev–Trinajstić information content (AvgIpc) is 2.95. The molecule has 1 saturated heterocycles. The topological polar surface area (TPSA) is 70.2 Å². The first-order valence-electron chi connectivity index (χ1n) is 6.39. The lowest BCUT2D eigenvalue weighted by Gasteiger charge is -2.27. The predicted molar refractivity (Wildman–Crippen MR) is 80.4 cm³/mol. The molecule has 0 aliphatic carbocycles. The highest BCUT2D eigenvalue weighted by Crippen LogP contribution is 2.29. The molecule has 0 spiro atoms. The van der Waals surface area contributed by atoms with Crippen molar-refractivity contribution in [3.63, 3.8) is 0 Å². The Bertz CT molecular complexity index is 625. The highest BCUT2D eigenvalue weighted by molar-refractivity contribution is 7.00. The molecule has 20 heavy (non-hydrogen) atoms. The van der Waals surface area contributed by atoms with Crippen molar-refractivity contribution >= 4 is 46.0 Å². The monoisotopic (exact) mass is 311 g/mol. The molecule has 0 bridgehead atoms. The van der Waals surface area contributed by atoms with Gasteiger partial charge >= 0.3 is 0 Å². The third-order valence-electron chi connectivity index (χ3n) is 3.26. The molecule has 1 aromatic carbocycles. The fourth-order valence-corrected chi connectivity index (χ4v) is 2.95. The van der Waals surface area contributed by atoms with Crippen LogP contribution in [-0.2, 0) is 4.79 Å². The van der Waals surface area contributed by atoms with Crippen molar-refractivity contribution in [1.82, 2.24) is 19.0 Å². The van der Waals surface area contributed by atoms with Crippen LogP contribution in [0.25, 0.3) is 11.0 Å². The fourth-order valence-electron chi connectivity index (χ4n) is 2.19. The van der Waals surface area contributed by atoms with E-state index in [1.54, 1.807) is 6.07 Å². The molecule has 2 aromatic rings. The first-order chi connectivity index (χ1) is 9.75. The maximum Gasteiger partial charge on any atom is 0.241 e. The molecule has 0 atom stereocenters. The maximum atomic E-state index is 12.1. The van der Waals surface area contributed by atoms with E-state index < -0.39 is 0 Å². The van der Waals surface area contributed by atoms with E-state index in [9.17, 15) is 4.79 Å². The number of hydrogen-bond acceptors (Lipinski definition) is 6. The molecule has 1 aliphatic rings. The zero-order valence-corrected chi connectivity index (χ0v) is 12.3. The number of carbonyl (C=O) groups is 1. The molecule has 3 rings (SSSR count). The minimum Gasteiger partial charge on any atom is -0.373 e. The molecule has 1 aliphatic heterocycles. The minimum atomic E-state index is 0.0720. The van der Waals surface area contributed by atoms with E-state index in [1.807, 2.05) is 11.0 Å². The number of fused-ring (bicyclic) bond motifs is 1. The molecular weight excluding hydrogens is 298 g/mol. The van der Waals surface area contributed by atoms with Crippen molar-refractivity contribution in [1.29, 1.82) is 0 Å². The number of aromatic nitrogens is 2. The lowest BCUT2D eigenvalue weighted by atomic mass is 10.2. The van der Waals surface area contributed by atoms with Gasteiger partial charge in [-0.25, -0.2) is 0 Å². The highest BCUT2D eigenvalue weighted by Gasteiger charge is 2.17. The number of hydrogen-bond donors (Lipinski definition) is 2. The summed E-state index contributed by atoms with van der Waals surface area (Å²) >= 11 is 7.30. The van der Waals surface area contributed by atoms with Gasteiger partial charge in [0.2, 0.25) is 5.91 Å². The Hall–Kier alpha value is -1.44. The maximum absolute atomic E-state index is 12.1. The summed E-state index contributed by atoms with van der Waals surface area (Å²) in [6.07, 6.45) is 0. The number of nitrogens with one attached hydrogen (secondary N) is 2. The van der Waals surface area contributed by atoms with Crippen molar-refractivity contribution in [2.75, 3.05) is 38.0 Å². The number of piperazine rings is 1. The van der Waals surface area contributed by atoms with Crippen molar-refractivity contribution in [3.8, 4) is 0 Å². The van der Waals surface area contributed by atoms with Gasteiger partial charge in [-0.1, -0.05) is 11.6 Å². The van der Waals surface area contributed by atoms with E-state index in [0.717, 1.165) is 48.9 Å². The summed E-state index contributed by atoms with van der Waals surface area (Å²) < 4.78 is 8.38. The van der Waals surface area contributed by atoms with E-state index in [0.29, 0.717) is 10.7 Å². The molecule has 1 aromatic heterocycles. The summed E-state index contributed by atoms with van der Waals surface area (Å²) in [5, 5.41) is 6.87. The van der Waals surface area contributed by atoms with Gasteiger partial charge in [0, 0.05) is 26.2 Å². The Morgan fingerprint density at radius 3 is 3.00 bits per heavy atom. The molecule has 1 fully saturated rings. The van der Waals surface area contributed by atoms with Gasteiger partial charge in [0.1, 0.15) is 11.0 Å². The van der Waals surface area contributed by atoms with Gasteiger partial charge in [0.25, 0.3) is 0 Å². The van der Waals surface area contributed by atoms with Gasteiger partial charge in [0.05, 0.1) is 29.0 Å². The number of benzene rings is 1. The van der Waals surface area contributed by atoms with Crippen LogP contribution in [0.5, 0.6) is 0 Å². The van der Waals surface area contributed by atoms with Crippen LogP contribution in [0.15, 0.2) is 12.1 Å². The highest BCUT2D eigenvalue weighted by atomic mass is 35.5. The SMILES string of the molecule is O=C(CNc1c(Cl)ccc2nsnc12)N1CCNCC1. The molecule has 2 heterocycles. The van der Waals surface area contributed by atoms with E-state index in [4.69, 9.17) is 11.6 Å². The largest absolute Gasteiger partial charge is 0.373 e. The first-order valence-corrected chi connectivity index (χ1v) is 7.49. The number of nitrogens with zero attached hydrogens (tertiary/aromatic N) is 3. The van der Waals surface area contributed by atoms with Gasteiger partial charge in [-0.05, 0) is 12.1 Å². The van der Waals surface area contributed by atoms with Gasteiger partial charge < -0.3 is 15.5 Å². The van der Waals surface area contributed by atoms with Crippen LogP contribution in [0.3, 0.4) is 0 Å². The second kappa shape index (κ2) is 5.90. The normalized spacial score (nSPS) is 15.6. The zero-order chi connectivity index (χ0) is 13.9. The summed E-state index contributed by atoms with van der Waals surface area (Å²) in [4.78, 5) is 14.0. The average molecular weight is 312 g/mol. The van der Waals surface area contributed by atoms with Crippen molar-refractivity contribution in [2.45, 2.75) is 0 Å². The molecule has 106 valence electrons. The van der Waals surface area contributed by atoms with Crippen molar-refractivity contribution in [3.05, 3.63) is 17.2 Å². The zero-order valence-electron chi connectivity index (χ0n) is 10.7. The van der Waals surface area contributed by atoms with E-state index in [-0.39, 0.29) is 12.5 Å². The third-order valence-corrected chi connectivity index (χ3v) is 4.12. The molecule has 0 radical (unpaired) electrons. The van der Waals surface area contributed by atoms with Crippen LogP contribution in [0.1, 0.15) is 0 Å². The first kappa shape index (κ1) is 13.5. The van der Waals surface area contributed by atoms with Gasteiger partial charge in [-0.3, -0.25) is 4.79 Å². The molecule has 0 saturated carbocycles. The number of rotatable bonds is 3. The van der Waals surface area contributed by atoms with Gasteiger partial charge in [0.15, 0.2) is 0 Å². The lowest BCUT2D eigenvalue weighted by Crippen LogP contribution is -2.48. The second-order valence-corrected chi connectivity index (χ2v) is 5.47. The standard InChI is InChI=1S/C12H14ClN5OS/c13-8-1-2-9-12(17-20-16-9)11(8)15-7-10(19)18-5-3-14-4-6-18/h1-2,14-15H,3-7H2. The molecule has 8 heteroatoms. The van der Waals surface area contributed by atoms with Crippen LogP contribution < -0.4 is 10.6 Å². The fraction of sp³-hybridized carbons (Fsp3) is 0.417. The summed E-state index contributed by atoms with van der Waals surface area (Å²) in [5.41, 5.74) is 2.19. The van der Waals surface area contributed by atoms with E-state index >= 15 is 0 Å². The van der Waals surface area contributed by atoms with Crippen LogP contribution in [-0.4, -0.2) is 52.3 Å². The van der Waals surface area contributed by atoms with Gasteiger partial charge in [-0.15, -0.1) is 0 Å². The third kappa shape index (κ3) is 2.70. The molecular formula is C12H14ClN5OS. The second-order valence-electron chi connectivity index (χ2n) is 4.54. The number of amides is 1. The Balaban J connectivity index is 1.71. The minimum absolute atomic E-state index is 0.0720. The lowest BCUT2D eigenvalue weighted by molar-refractivity contribution is -0.129. The van der Waals surface area contributed by atoms with Crippen LogP contribution in [0, 0.1) is 0 Å². The predicted octanol–water partition coefficient (Wildman–Crippen LogP) is 1.19. The smallest absolute Gasteiger partial charge is 0.241 e. The Kier molecular flexibility index (Phi) is 4.00. The summed E-state index contributed by atoms with van der Waals surface area (Å²) in [6, 6.07) is 3.59. The quantitative estimate of drug-likeness (QED) is 0.891. The Morgan fingerprint density at radius 1 is 1.40 bits per heavy atom.